The van der Waals surface area contributed by atoms with Crippen molar-refractivity contribution in [2.75, 3.05) is 6.61 Å². The van der Waals surface area contributed by atoms with Crippen LogP contribution in [-0.2, 0) is 9.53 Å². The van der Waals surface area contributed by atoms with E-state index in [1.54, 1.807) is 6.92 Å². The highest BCUT2D eigenvalue weighted by atomic mass is 16.5. The van der Waals surface area contributed by atoms with Gasteiger partial charge in [0.25, 0.3) is 0 Å². The summed E-state index contributed by atoms with van der Waals surface area (Å²) in [7, 11) is 0. The molecular formula is C7H6N2O3. The molecular weight excluding hydrogens is 160 g/mol. The molecule has 1 N–H and O–H groups in total. The third-order valence-electron chi connectivity index (χ3n) is 0.934. The number of nitriles is 2. The number of aliphatic hydroxyl groups is 1. The molecule has 5 nitrogen and oxygen atoms in total. The van der Waals surface area contributed by atoms with Crippen molar-refractivity contribution in [3.05, 3.63) is 11.3 Å². The van der Waals surface area contributed by atoms with Crippen LogP contribution in [0.4, 0.5) is 0 Å². The minimum atomic E-state index is -0.987. The van der Waals surface area contributed by atoms with Crippen LogP contribution in [0.5, 0.6) is 0 Å². The van der Waals surface area contributed by atoms with Crippen LogP contribution in [-0.4, -0.2) is 17.7 Å². The number of carbonyl (C=O) groups is 1. The fourth-order valence-corrected chi connectivity index (χ4v) is 0.454. The molecule has 0 saturated heterocycles. The van der Waals surface area contributed by atoms with Crippen molar-refractivity contribution in [2.45, 2.75) is 6.92 Å². The van der Waals surface area contributed by atoms with Gasteiger partial charge in [-0.3, -0.25) is 0 Å². The average Bonchev–Trinajstić information content (AvgIpc) is 2.06. The summed E-state index contributed by atoms with van der Waals surface area (Å²) >= 11 is 0. The number of hydrogen-bond acceptors (Lipinski definition) is 5. The van der Waals surface area contributed by atoms with E-state index in [9.17, 15) is 4.79 Å². The minimum absolute atomic E-state index is 0.0860. The lowest BCUT2D eigenvalue weighted by molar-refractivity contribution is -0.138. The third kappa shape index (κ3) is 2.31. The van der Waals surface area contributed by atoms with Gasteiger partial charge in [-0.2, -0.15) is 10.5 Å². The van der Waals surface area contributed by atoms with Gasteiger partial charge in [-0.25, -0.2) is 4.79 Å². The Bertz CT molecular complexity index is 293. The number of esters is 1. The fraction of sp³-hybridized carbons (Fsp3) is 0.286. The Morgan fingerprint density at radius 3 is 2.42 bits per heavy atom. The number of aliphatic hydroxyl groups excluding tert-OH is 1. The van der Waals surface area contributed by atoms with E-state index < -0.39 is 17.3 Å². The van der Waals surface area contributed by atoms with Crippen molar-refractivity contribution in [2.24, 2.45) is 0 Å². The van der Waals surface area contributed by atoms with Crippen LogP contribution in [0.3, 0.4) is 0 Å². The van der Waals surface area contributed by atoms with Gasteiger partial charge in [0.1, 0.15) is 12.1 Å². The molecule has 0 fully saturated rings. The lowest BCUT2D eigenvalue weighted by atomic mass is 10.2. The van der Waals surface area contributed by atoms with Gasteiger partial charge >= 0.3 is 5.97 Å². The molecule has 0 bridgehead atoms. The van der Waals surface area contributed by atoms with E-state index >= 15 is 0 Å². The second-order valence-electron chi connectivity index (χ2n) is 1.67. The molecule has 62 valence electrons. The van der Waals surface area contributed by atoms with Crippen LogP contribution in [0.15, 0.2) is 11.3 Å². The summed E-state index contributed by atoms with van der Waals surface area (Å²) in [6.07, 6.45) is 0. The molecule has 0 aliphatic rings. The van der Waals surface area contributed by atoms with E-state index in [4.69, 9.17) is 15.6 Å². The van der Waals surface area contributed by atoms with E-state index in [1.165, 1.54) is 12.1 Å². The second kappa shape index (κ2) is 4.75. The maximum Gasteiger partial charge on any atom is 0.353 e. The highest BCUT2D eigenvalue weighted by Crippen LogP contribution is 2.01. The van der Waals surface area contributed by atoms with Gasteiger partial charge in [0, 0.05) is 0 Å². The molecule has 0 rings (SSSR count). The van der Waals surface area contributed by atoms with Crippen molar-refractivity contribution in [3.63, 3.8) is 0 Å². The SMILES string of the molecule is CCOC(=O)/C(C#N)=C(\O)C#N. The van der Waals surface area contributed by atoms with Gasteiger partial charge in [-0.05, 0) is 6.92 Å². The van der Waals surface area contributed by atoms with Crippen molar-refractivity contribution in [1.82, 2.24) is 0 Å². The zero-order chi connectivity index (χ0) is 9.56. The van der Waals surface area contributed by atoms with Crippen molar-refractivity contribution in [1.29, 1.82) is 10.5 Å². The summed E-state index contributed by atoms with van der Waals surface area (Å²) in [6, 6.07) is 2.64. The first kappa shape index (κ1) is 9.99. The number of hydrogen-bond donors (Lipinski definition) is 1. The summed E-state index contributed by atoms with van der Waals surface area (Å²) in [5.41, 5.74) is -0.667. The van der Waals surface area contributed by atoms with E-state index in [-0.39, 0.29) is 6.61 Å². The molecule has 0 saturated carbocycles. The second-order valence-corrected chi connectivity index (χ2v) is 1.67. The van der Waals surface area contributed by atoms with Crippen LogP contribution in [0.1, 0.15) is 6.92 Å². The fourth-order valence-electron chi connectivity index (χ4n) is 0.454. The molecule has 0 heterocycles. The van der Waals surface area contributed by atoms with Gasteiger partial charge in [0.05, 0.1) is 6.61 Å². The van der Waals surface area contributed by atoms with Gasteiger partial charge in [0.15, 0.2) is 5.57 Å². The number of ether oxygens (including phenoxy) is 1. The first-order valence-electron chi connectivity index (χ1n) is 3.07. The van der Waals surface area contributed by atoms with Crippen LogP contribution < -0.4 is 0 Å². The van der Waals surface area contributed by atoms with Crippen molar-refractivity contribution < 1.29 is 14.6 Å². The van der Waals surface area contributed by atoms with Crippen molar-refractivity contribution in [3.8, 4) is 12.1 Å². The van der Waals surface area contributed by atoms with Crippen molar-refractivity contribution >= 4 is 5.97 Å². The lowest BCUT2D eigenvalue weighted by Crippen LogP contribution is -2.08. The summed E-state index contributed by atoms with van der Waals surface area (Å²) in [5, 5.41) is 25.2. The zero-order valence-electron chi connectivity index (χ0n) is 6.37. The molecule has 0 aromatic heterocycles. The van der Waals surface area contributed by atoms with E-state index in [2.05, 4.69) is 4.74 Å². The van der Waals surface area contributed by atoms with Crippen LogP contribution in [0.25, 0.3) is 0 Å². The maximum atomic E-state index is 10.8. The highest BCUT2D eigenvalue weighted by Gasteiger charge is 2.15. The van der Waals surface area contributed by atoms with Crippen LogP contribution in [0, 0.1) is 22.7 Å². The summed E-state index contributed by atoms with van der Waals surface area (Å²) in [6.45, 7) is 1.64. The molecule has 0 unspecified atom stereocenters. The Kier molecular flexibility index (Phi) is 3.96. The largest absolute Gasteiger partial charge is 0.498 e. The van der Waals surface area contributed by atoms with E-state index in [0.29, 0.717) is 0 Å². The number of allylic oxidation sites excluding steroid dienone is 1. The van der Waals surface area contributed by atoms with Gasteiger partial charge in [-0.15, -0.1) is 0 Å². The van der Waals surface area contributed by atoms with E-state index in [1.807, 2.05) is 0 Å². The average molecular weight is 166 g/mol. The summed E-state index contributed by atoms with van der Waals surface area (Å²) in [5.74, 6) is -1.91. The minimum Gasteiger partial charge on any atom is -0.498 e. The smallest absolute Gasteiger partial charge is 0.353 e. The standard InChI is InChI=1S/C7H6N2O3/c1-2-12-7(11)5(3-8)6(10)4-9/h10H,2H2,1H3/b6-5-. The molecule has 0 radical (unpaired) electrons. The third-order valence-corrected chi connectivity index (χ3v) is 0.934. The Morgan fingerprint density at radius 2 is 2.08 bits per heavy atom. The zero-order valence-corrected chi connectivity index (χ0v) is 6.37. The molecule has 0 aliphatic heterocycles. The highest BCUT2D eigenvalue weighted by molar-refractivity contribution is 5.93. The summed E-state index contributed by atoms with van der Waals surface area (Å²) in [4.78, 5) is 10.8. The first-order valence-corrected chi connectivity index (χ1v) is 3.07. The Hall–Kier alpha value is -2.01. The predicted octanol–water partition coefficient (Wildman–Crippen LogP) is 0.409. The maximum absolute atomic E-state index is 10.8. The van der Waals surface area contributed by atoms with Crippen LogP contribution >= 0.6 is 0 Å². The topological polar surface area (TPSA) is 94.1 Å². The molecule has 0 spiro atoms. The molecule has 5 heteroatoms. The number of nitrogens with zero attached hydrogens (tertiary/aromatic N) is 2. The number of carbonyl (C=O) groups excluding carboxylic acids is 1. The van der Waals surface area contributed by atoms with E-state index in [0.717, 1.165) is 0 Å². The van der Waals surface area contributed by atoms with Gasteiger partial charge < -0.3 is 9.84 Å². The Labute approximate surface area is 69.1 Å². The predicted molar refractivity (Wildman–Crippen MR) is 37.5 cm³/mol. The Morgan fingerprint density at radius 1 is 1.50 bits per heavy atom. The molecule has 12 heavy (non-hydrogen) atoms. The molecule has 0 aliphatic carbocycles. The van der Waals surface area contributed by atoms with Gasteiger partial charge in [0.2, 0.25) is 5.76 Å². The molecule has 0 amide bonds. The Balaban J connectivity index is 4.74. The first-order chi connectivity index (χ1) is 5.67. The molecule has 0 aromatic rings. The quantitative estimate of drug-likeness (QED) is 0.211. The van der Waals surface area contributed by atoms with Crippen LogP contribution in [0.2, 0.25) is 0 Å². The lowest BCUT2D eigenvalue weighted by Gasteiger charge is -1.97. The number of rotatable bonds is 2. The summed E-state index contributed by atoms with van der Waals surface area (Å²) < 4.78 is 4.39. The monoisotopic (exact) mass is 166 g/mol. The molecule has 0 atom stereocenters. The normalized spacial score (nSPS) is 10.6. The van der Waals surface area contributed by atoms with Gasteiger partial charge in [-0.1, -0.05) is 0 Å². The molecule has 0 aromatic carbocycles.